The summed E-state index contributed by atoms with van der Waals surface area (Å²) in [5.41, 5.74) is 0.537. The molecule has 0 N–H and O–H groups in total. The average Bonchev–Trinajstić information content (AvgIpc) is 3.51. The second-order valence-electron chi connectivity index (χ2n) is 7.98. The highest BCUT2D eigenvalue weighted by Gasteiger charge is 2.53. The van der Waals surface area contributed by atoms with Crippen LogP contribution in [0.1, 0.15) is 23.1 Å². The molecular weight excluding hydrogens is 388 g/mol. The van der Waals surface area contributed by atoms with Gasteiger partial charge >= 0.3 is 0 Å². The molecule has 0 saturated carbocycles. The fourth-order valence-corrected chi connectivity index (χ4v) is 5.29. The van der Waals surface area contributed by atoms with Crippen molar-refractivity contribution in [2.45, 2.75) is 18.8 Å². The third kappa shape index (κ3) is 3.44. The predicted molar refractivity (Wildman–Crippen MR) is 107 cm³/mol. The fraction of sp³-hybridized carbons (Fsp3) is 0.450. The molecule has 2 saturated heterocycles. The third-order valence-corrected chi connectivity index (χ3v) is 6.89. The molecule has 2 fully saturated rings. The van der Waals surface area contributed by atoms with Crippen LogP contribution in [0.5, 0.6) is 0 Å². The van der Waals surface area contributed by atoms with Gasteiger partial charge in [0, 0.05) is 42.3 Å². The molecule has 8 nitrogen and oxygen atoms in total. The van der Waals surface area contributed by atoms with Gasteiger partial charge in [0.15, 0.2) is 0 Å². The fourth-order valence-electron chi connectivity index (χ4n) is 4.59. The molecule has 3 aromatic rings. The molecule has 5 rings (SSSR count). The number of hydrogen-bond acceptors (Lipinski definition) is 8. The molecule has 2 atom stereocenters. The summed E-state index contributed by atoms with van der Waals surface area (Å²) in [6, 6.07) is 4.00. The highest BCUT2D eigenvalue weighted by atomic mass is 32.1. The molecule has 0 radical (unpaired) electrons. The van der Waals surface area contributed by atoms with E-state index in [1.807, 2.05) is 22.4 Å². The van der Waals surface area contributed by atoms with Gasteiger partial charge in [-0.05, 0) is 31.5 Å². The van der Waals surface area contributed by atoms with E-state index in [2.05, 4.69) is 32.1 Å². The quantitative estimate of drug-likeness (QED) is 0.651. The first-order valence-electron chi connectivity index (χ1n) is 9.72. The van der Waals surface area contributed by atoms with Gasteiger partial charge in [0.25, 0.3) is 0 Å². The maximum Gasteiger partial charge on any atom is 0.232 e. The van der Waals surface area contributed by atoms with Crippen molar-refractivity contribution in [1.29, 1.82) is 0 Å². The Morgan fingerprint density at radius 1 is 1.38 bits per heavy atom. The van der Waals surface area contributed by atoms with Crippen molar-refractivity contribution in [3.8, 4) is 11.5 Å². The summed E-state index contributed by atoms with van der Waals surface area (Å²) in [6.45, 7) is 3.27. The lowest BCUT2D eigenvalue weighted by molar-refractivity contribution is -0.129. The first kappa shape index (κ1) is 18.4. The second kappa shape index (κ2) is 7.31. The van der Waals surface area contributed by atoms with E-state index in [-0.39, 0.29) is 17.2 Å². The summed E-state index contributed by atoms with van der Waals surface area (Å²) in [5.74, 6) is 1.22. The highest BCUT2D eigenvalue weighted by molar-refractivity contribution is 7.10. The van der Waals surface area contributed by atoms with Crippen LogP contribution in [0.2, 0.25) is 0 Å². The Hall–Kier alpha value is -2.65. The van der Waals surface area contributed by atoms with E-state index in [1.54, 1.807) is 29.9 Å². The molecule has 0 aromatic carbocycles. The first-order valence-corrected chi connectivity index (χ1v) is 10.6. The Bertz CT molecular complexity index is 992. The van der Waals surface area contributed by atoms with Gasteiger partial charge in [-0.2, -0.15) is 4.98 Å². The Balaban J connectivity index is 1.41. The van der Waals surface area contributed by atoms with Crippen LogP contribution in [0.4, 0.5) is 0 Å². The SMILES string of the molecule is CN1CC[C@]2(C1)CN(C(=O)Cc1cccs1)C[C@H]2c1nc(-c2cnccn2)no1. The third-order valence-electron chi connectivity index (χ3n) is 6.01. The first-order chi connectivity index (χ1) is 14.1. The molecule has 1 amide bonds. The zero-order chi connectivity index (χ0) is 19.8. The summed E-state index contributed by atoms with van der Waals surface area (Å²) in [4.78, 5) is 31.3. The smallest absolute Gasteiger partial charge is 0.232 e. The summed E-state index contributed by atoms with van der Waals surface area (Å²) in [7, 11) is 2.13. The number of amides is 1. The summed E-state index contributed by atoms with van der Waals surface area (Å²) >= 11 is 1.62. The molecule has 1 spiro atoms. The van der Waals surface area contributed by atoms with Gasteiger partial charge < -0.3 is 14.3 Å². The second-order valence-corrected chi connectivity index (χ2v) is 9.01. The zero-order valence-electron chi connectivity index (χ0n) is 16.2. The number of carbonyl (C=O) groups is 1. The van der Waals surface area contributed by atoms with E-state index in [1.165, 1.54) is 0 Å². The molecule has 3 aromatic heterocycles. The predicted octanol–water partition coefficient (Wildman–Crippen LogP) is 2.08. The van der Waals surface area contributed by atoms with Crippen LogP contribution in [-0.2, 0) is 11.2 Å². The number of aromatic nitrogens is 4. The van der Waals surface area contributed by atoms with Crippen molar-refractivity contribution in [1.82, 2.24) is 29.9 Å². The summed E-state index contributed by atoms with van der Waals surface area (Å²) < 4.78 is 5.68. The van der Waals surface area contributed by atoms with Gasteiger partial charge in [-0.3, -0.25) is 9.78 Å². The van der Waals surface area contributed by atoms with Crippen molar-refractivity contribution in [3.05, 3.63) is 46.9 Å². The standard InChI is InChI=1S/C20H22N6O2S/c1-25-7-4-20(12-25)13-26(17(27)9-14-3-2-8-29-14)11-15(20)19-23-18(24-28-19)16-10-21-5-6-22-16/h2-3,5-6,8,10,15H,4,7,9,11-13H2,1H3/t15-,20-/m0/s1. The van der Waals surface area contributed by atoms with Gasteiger partial charge in [-0.25, -0.2) is 4.98 Å². The molecule has 150 valence electrons. The van der Waals surface area contributed by atoms with E-state index in [0.29, 0.717) is 30.4 Å². The molecule has 2 aliphatic rings. The van der Waals surface area contributed by atoms with Crippen LogP contribution in [0.3, 0.4) is 0 Å². The lowest BCUT2D eigenvalue weighted by Crippen LogP contribution is -2.35. The molecule has 0 bridgehead atoms. The van der Waals surface area contributed by atoms with E-state index < -0.39 is 0 Å². The molecule has 29 heavy (non-hydrogen) atoms. The Kier molecular flexibility index (Phi) is 4.63. The topological polar surface area (TPSA) is 88.2 Å². The number of hydrogen-bond donors (Lipinski definition) is 0. The largest absolute Gasteiger partial charge is 0.341 e. The number of thiophene rings is 1. The van der Waals surface area contributed by atoms with Crippen LogP contribution in [0.25, 0.3) is 11.5 Å². The molecule has 5 heterocycles. The summed E-state index contributed by atoms with van der Waals surface area (Å²) in [6.07, 6.45) is 6.31. The van der Waals surface area contributed by atoms with Crippen molar-refractivity contribution in [3.63, 3.8) is 0 Å². The average molecular weight is 411 g/mol. The van der Waals surface area contributed by atoms with E-state index in [0.717, 1.165) is 30.9 Å². The van der Waals surface area contributed by atoms with Crippen LogP contribution < -0.4 is 0 Å². The Labute approximate surface area is 172 Å². The normalized spacial score (nSPS) is 24.6. The van der Waals surface area contributed by atoms with E-state index in [9.17, 15) is 4.79 Å². The molecular formula is C20H22N6O2S. The van der Waals surface area contributed by atoms with Crippen LogP contribution in [0, 0.1) is 5.41 Å². The minimum absolute atomic E-state index is 0.0256. The van der Waals surface area contributed by atoms with E-state index in [4.69, 9.17) is 4.52 Å². The van der Waals surface area contributed by atoms with Gasteiger partial charge in [0.1, 0.15) is 5.69 Å². The van der Waals surface area contributed by atoms with Crippen molar-refractivity contribution < 1.29 is 9.32 Å². The number of nitrogens with zero attached hydrogens (tertiary/aromatic N) is 6. The lowest BCUT2D eigenvalue weighted by atomic mass is 9.77. The van der Waals surface area contributed by atoms with Gasteiger partial charge in [0.2, 0.25) is 17.6 Å². The van der Waals surface area contributed by atoms with Crippen molar-refractivity contribution in [2.24, 2.45) is 5.41 Å². The number of carbonyl (C=O) groups excluding carboxylic acids is 1. The molecule has 0 aliphatic carbocycles. The van der Waals surface area contributed by atoms with Gasteiger partial charge in [-0.15, -0.1) is 11.3 Å². The van der Waals surface area contributed by atoms with Gasteiger partial charge in [0.05, 0.1) is 18.5 Å². The number of rotatable bonds is 4. The Morgan fingerprint density at radius 2 is 2.31 bits per heavy atom. The summed E-state index contributed by atoms with van der Waals surface area (Å²) in [5, 5.41) is 6.14. The zero-order valence-corrected chi connectivity index (χ0v) is 17.0. The lowest BCUT2D eigenvalue weighted by Gasteiger charge is -2.27. The number of likely N-dealkylation sites (tertiary alicyclic amines) is 2. The van der Waals surface area contributed by atoms with Crippen LogP contribution in [-0.4, -0.2) is 69.0 Å². The maximum absolute atomic E-state index is 13.0. The molecule has 2 aliphatic heterocycles. The van der Waals surface area contributed by atoms with E-state index >= 15 is 0 Å². The van der Waals surface area contributed by atoms with Crippen LogP contribution in [0.15, 0.2) is 40.6 Å². The maximum atomic E-state index is 13.0. The van der Waals surface area contributed by atoms with Crippen LogP contribution >= 0.6 is 11.3 Å². The molecule has 9 heteroatoms. The van der Waals surface area contributed by atoms with Crippen molar-refractivity contribution in [2.75, 3.05) is 33.2 Å². The monoisotopic (exact) mass is 410 g/mol. The Morgan fingerprint density at radius 3 is 3.03 bits per heavy atom. The van der Waals surface area contributed by atoms with Crippen molar-refractivity contribution >= 4 is 17.2 Å². The minimum Gasteiger partial charge on any atom is -0.341 e. The van der Waals surface area contributed by atoms with Gasteiger partial charge in [-0.1, -0.05) is 11.2 Å². The minimum atomic E-state index is -0.0496. The molecule has 0 unspecified atom stereocenters. The highest BCUT2D eigenvalue weighted by Crippen LogP contribution is 2.48.